The van der Waals surface area contributed by atoms with Crippen LogP contribution in [0.4, 0.5) is 10.8 Å². The van der Waals surface area contributed by atoms with Crippen molar-refractivity contribution in [1.29, 1.82) is 0 Å². The Morgan fingerprint density at radius 2 is 1.34 bits per heavy atom. The first-order valence-electron chi connectivity index (χ1n) is 12.0. The zero-order valence-electron chi connectivity index (χ0n) is 20.2. The predicted octanol–water partition coefficient (Wildman–Crippen LogP) is 5.77. The van der Waals surface area contributed by atoms with Gasteiger partial charge in [0.1, 0.15) is 4.88 Å². The Kier molecular flexibility index (Phi) is 6.93. The SMILES string of the molecule is Cc1nc(N(C)c2ccccc2)sc1C(=O)N1CCN(C(c2ccccc2)c2ccccc2)CC1. The molecule has 1 saturated heterocycles. The molecule has 35 heavy (non-hydrogen) atoms. The van der Waals surface area contributed by atoms with Gasteiger partial charge in [-0.2, -0.15) is 0 Å². The highest BCUT2D eigenvalue weighted by atomic mass is 32.1. The van der Waals surface area contributed by atoms with Crippen molar-refractivity contribution in [3.63, 3.8) is 0 Å². The molecule has 178 valence electrons. The lowest BCUT2D eigenvalue weighted by atomic mass is 9.96. The molecule has 0 unspecified atom stereocenters. The average Bonchev–Trinajstić information content (AvgIpc) is 3.31. The second-order valence-electron chi connectivity index (χ2n) is 8.86. The van der Waals surface area contributed by atoms with Gasteiger partial charge in [0.15, 0.2) is 5.13 Å². The number of benzene rings is 3. The van der Waals surface area contributed by atoms with Crippen molar-refractivity contribution in [3.8, 4) is 0 Å². The van der Waals surface area contributed by atoms with Crippen LogP contribution in [0.25, 0.3) is 0 Å². The first-order valence-corrected chi connectivity index (χ1v) is 12.8. The van der Waals surface area contributed by atoms with Crippen molar-refractivity contribution in [3.05, 3.63) is 113 Å². The smallest absolute Gasteiger partial charge is 0.266 e. The van der Waals surface area contributed by atoms with Gasteiger partial charge in [0.25, 0.3) is 5.91 Å². The largest absolute Gasteiger partial charge is 0.335 e. The maximum absolute atomic E-state index is 13.5. The highest BCUT2D eigenvalue weighted by Gasteiger charge is 2.30. The lowest BCUT2D eigenvalue weighted by Crippen LogP contribution is -2.49. The molecule has 0 saturated carbocycles. The summed E-state index contributed by atoms with van der Waals surface area (Å²) in [4.78, 5) is 25.4. The maximum Gasteiger partial charge on any atom is 0.266 e. The van der Waals surface area contributed by atoms with Crippen LogP contribution in [0.2, 0.25) is 0 Å². The molecule has 1 aromatic heterocycles. The van der Waals surface area contributed by atoms with Gasteiger partial charge in [-0.05, 0) is 30.2 Å². The number of rotatable bonds is 6. The molecule has 5 rings (SSSR count). The molecule has 1 amide bonds. The van der Waals surface area contributed by atoms with Gasteiger partial charge in [0, 0.05) is 38.9 Å². The molecule has 1 fully saturated rings. The molecule has 0 bridgehead atoms. The summed E-state index contributed by atoms with van der Waals surface area (Å²) < 4.78 is 0. The zero-order chi connectivity index (χ0) is 24.2. The van der Waals surface area contributed by atoms with E-state index in [2.05, 4.69) is 65.6 Å². The maximum atomic E-state index is 13.5. The van der Waals surface area contributed by atoms with E-state index >= 15 is 0 Å². The lowest BCUT2D eigenvalue weighted by Gasteiger charge is -2.39. The van der Waals surface area contributed by atoms with Crippen molar-refractivity contribution < 1.29 is 4.79 Å². The Morgan fingerprint density at radius 3 is 1.89 bits per heavy atom. The topological polar surface area (TPSA) is 39.7 Å². The zero-order valence-corrected chi connectivity index (χ0v) is 21.0. The van der Waals surface area contributed by atoms with Crippen molar-refractivity contribution in [2.45, 2.75) is 13.0 Å². The third kappa shape index (κ3) is 4.99. The minimum atomic E-state index is 0.0864. The number of piperazine rings is 1. The van der Waals surface area contributed by atoms with Crippen molar-refractivity contribution in [2.75, 3.05) is 38.1 Å². The predicted molar refractivity (Wildman–Crippen MR) is 144 cm³/mol. The van der Waals surface area contributed by atoms with E-state index in [1.54, 1.807) is 0 Å². The van der Waals surface area contributed by atoms with Crippen molar-refractivity contribution in [2.24, 2.45) is 0 Å². The van der Waals surface area contributed by atoms with Gasteiger partial charge in [-0.3, -0.25) is 9.69 Å². The summed E-state index contributed by atoms with van der Waals surface area (Å²) in [5.41, 5.74) is 4.42. The number of carbonyl (C=O) groups excluding carboxylic acids is 1. The number of aromatic nitrogens is 1. The third-order valence-corrected chi connectivity index (χ3v) is 7.83. The molecule has 0 radical (unpaired) electrons. The molecule has 5 nitrogen and oxygen atoms in total. The van der Waals surface area contributed by atoms with Gasteiger partial charge in [0.2, 0.25) is 0 Å². The van der Waals surface area contributed by atoms with E-state index in [1.165, 1.54) is 22.5 Å². The van der Waals surface area contributed by atoms with E-state index < -0.39 is 0 Å². The van der Waals surface area contributed by atoms with Crippen LogP contribution >= 0.6 is 11.3 Å². The Bertz CT molecular complexity index is 1210. The quantitative estimate of drug-likeness (QED) is 0.350. The minimum Gasteiger partial charge on any atom is -0.335 e. The van der Waals surface area contributed by atoms with Crippen LogP contribution in [0.3, 0.4) is 0 Å². The summed E-state index contributed by atoms with van der Waals surface area (Å²) in [6.07, 6.45) is 0. The second-order valence-corrected chi connectivity index (χ2v) is 9.84. The fraction of sp³-hybridized carbons (Fsp3) is 0.241. The number of anilines is 2. The van der Waals surface area contributed by atoms with Crippen molar-refractivity contribution >= 4 is 28.1 Å². The number of aryl methyl sites for hydroxylation is 1. The molecule has 3 aromatic carbocycles. The van der Waals surface area contributed by atoms with E-state index in [0.29, 0.717) is 13.1 Å². The molecule has 4 aromatic rings. The summed E-state index contributed by atoms with van der Waals surface area (Å²) in [6.45, 7) is 5.00. The molecule has 1 aliphatic rings. The third-order valence-electron chi connectivity index (χ3n) is 6.61. The molecule has 0 N–H and O–H groups in total. The van der Waals surface area contributed by atoms with Crippen LogP contribution in [-0.4, -0.2) is 53.9 Å². The molecule has 1 aliphatic heterocycles. The van der Waals surface area contributed by atoms with Gasteiger partial charge >= 0.3 is 0 Å². The van der Waals surface area contributed by atoms with Gasteiger partial charge in [-0.25, -0.2) is 4.98 Å². The molecule has 0 atom stereocenters. The fourth-order valence-electron chi connectivity index (χ4n) is 4.70. The van der Waals surface area contributed by atoms with Crippen LogP contribution < -0.4 is 4.90 Å². The highest BCUT2D eigenvalue weighted by molar-refractivity contribution is 7.17. The standard InChI is InChI=1S/C29H30N4OS/c1-22-27(35-29(30-22)31(2)25-16-10-5-11-17-25)28(34)33-20-18-32(19-21-33)26(23-12-6-3-7-13-23)24-14-8-4-9-15-24/h3-17,26H,18-21H2,1-2H3. The fourth-order valence-corrected chi connectivity index (χ4v) is 5.71. The van der Waals surface area contributed by atoms with E-state index in [0.717, 1.165) is 34.5 Å². The Morgan fingerprint density at radius 1 is 0.829 bits per heavy atom. The minimum absolute atomic E-state index is 0.0864. The van der Waals surface area contributed by atoms with Crippen LogP contribution in [-0.2, 0) is 0 Å². The number of carbonyl (C=O) groups is 1. The van der Waals surface area contributed by atoms with Crippen molar-refractivity contribution in [1.82, 2.24) is 14.8 Å². The molecule has 2 heterocycles. The van der Waals surface area contributed by atoms with E-state index in [4.69, 9.17) is 4.98 Å². The molecule has 0 spiro atoms. The number of amides is 1. The second kappa shape index (κ2) is 10.4. The summed E-state index contributed by atoms with van der Waals surface area (Å²) in [7, 11) is 1.99. The summed E-state index contributed by atoms with van der Waals surface area (Å²) in [5, 5.41) is 0.837. The Labute approximate surface area is 211 Å². The van der Waals surface area contributed by atoms with Gasteiger partial charge in [0.05, 0.1) is 11.7 Å². The summed E-state index contributed by atoms with van der Waals surface area (Å²) >= 11 is 1.48. The van der Waals surface area contributed by atoms with Crippen LogP contribution in [0.5, 0.6) is 0 Å². The Balaban J connectivity index is 1.30. The highest BCUT2D eigenvalue weighted by Crippen LogP contribution is 2.33. The number of thiazole rings is 1. The lowest BCUT2D eigenvalue weighted by molar-refractivity contribution is 0.0601. The van der Waals surface area contributed by atoms with Crippen LogP contribution in [0, 0.1) is 6.92 Å². The Hall–Kier alpha value is -3.48. The average molecular weight is 483 g/mol. The van der Waals surface area contributed by atoms with E-state index in [9.17, 15) is 4.79 Å². The first-order chi connectivity index (χ1) is 17.1. The number of hydrogen-bond acceptors (Lipinski definition) is 5. The number of nitrogens with zero attached hydrogens (tertiary/aromatic N) is 4. The molecule has 6 heteroatoms. The monoisotopic (exact) mass is 482 g/mol. The van der Waals surface area contributed by atoms with Gasteiger partial charge < -0.3 is 9.80 Å². The van der Waals surface area contributed by atoms with E-state index in [-0.39, 0.29) is 11.9 Å². The first kappa shape index (κ1) is 23.3. The number of hydrogen-bond donors (Lipinski definition) is 0. The van der Waals surface area contributed by atoms with Crippen LogP contribution in [0.15, 0.2) is 91.0 Å². The normalized spacial score (nSPS) is 14.3. The summed E-state index contributed by atoms with van der Waals surface area (Å²) in [6, 6.07) is 31.6. The molecular weight excluding hydrogens is 452 g/mol. The van der Waals surface area contributed by atoms with Gasteiger partial charge in [-0.1, -0.05) is 90.2 Å². The van der Waals surface area contributed by atoms with E-state index in [1.807, 2.05) is 54.1 Å². The number of para-hydroxylation sites is 1. The van der Waals surface area contributed by atoms with Crippen LogP contribution in [0.1, 0.15) is 32.5 Å². The molecule has 0 aliphatic carbocycles. The molecular formula is C29H30N4OS. The van der Waals surface area contributed by atoms with Gasteiger partial charge in [-0.15, -0.1) is 0 Å². The summed E-state index contributed by atoms with van der Waals surface area (Å²) in [5.74, 6) is 0.0864.